The molecule has 24 heavy (non-hydrogen) atoms. The average Bonchev–Trinajstić information content (AvgIpc) is 3.03. The Balaban J connectivity index is 1.58. The Morgan fingerprint density at radius 1 is 1.29 bits per heavy atom. The molecule has 1 aliphatic heterocycles. The summed E-state index contributed by atoms with van der Waals surface area (Å²) >= 11 is 1.70. The van der Waals surface area contributed by atoms with Gasteiger partial charge in [-0.3, -0.25) is 14.5 Å². The third-order valence-electron chi connectivity index (χ3n) is 4.23. The number of pyridine rings is 1. The number of hydrogen-bond donors (Lipinski definition) is 1. The van der Waals surface area contributed by atoms with Crippen molar-refractivity contribution in [1.82, 2.24) is 19.8 Å². The van der Waals surface area contributed by atoms with Gasteiger partial charge >= 0.3 is 0 Å². The number of piperazine rings is 1. The van der Waals surface area contributed by atoms with Crippen molar-refractivity contribution in [2.75, 3.05) is 26.2 Å². The van der Waals surface area contributed by atoms with E-state index in [9.17, 15) is 9.59 Å². The van der Waals surface area contributed by atoms with E-state index in [1.54, 1.807) is 35.3 Å². The predicted octanol–water partition coefficient (Wildman–Crippen LogP) is 1.66. The number of nitrogens with zero attached hydrogens (tertiary/aromatic N) is 3. The van der Waals surface area contributed by atoms with Gasteiger partial charge in [0, 0.05) is 43.8 Å². The van der Waals surface area contributed by atoms with E-state index < -0.39 is 0 Å². The van der Waals surface area contributed by atoms with Crippen molar-refractivity contribution in [3.05, 3.63) is 49.8 Å². The molecule has 2 aromatic rings. The van der Waals surface area contributed by atoms with E-state index in [-0.39, 0.29) is 17.0 Å². The van der Waals surface area contributed by atoms with E-state index >= 15 is 0 Å². The topological polar surface area (TPSA) is 69.3 Å². The summed E-state index contributed by atoms with van der Waals surface area (Å²) in [6, 6.07) is 3.38. The summed E-state index contributed by atoms with van der Waals surface area (Å²) in [6.07, 6.45) is 0.970. The first-order valence-electron chi connectivity index (χ1n) is 8.21. The number of carbonyl (C=O) groups is 1. The zero-order valence-electron chi connectivity index (χ0n) is 14.0. The van der Waals surface area contributed by atoms with E-state index in [0.717, 1.165) is 42.5 Å². The van der Waals surface area contributed by atoms with Crippen LogP contribution in [-0.2, 0) is 13.0 Å². The second-order valence-corrected chi connectivity index (χ2v) is 6.98. The van der Waals surface area contributed by atoms with Gasteiger partial charge in [0.2, 0.25) is 0 Å². The number of nitrogens with one attached hydrogen (secondary N) is 1. The lowest BCUT2D eigenvalue weighted by Gasteiger charge is -2.34. The number of carbonyl (C=O) groups excluding carboxylic acids is 1. The van der Waals surface area contributed by atoms with Gasteiger partial charge in [0.25, 0.3) is 11.5 Å². The smallest absolute Gasteiger partial charge is 0.260 e. The molecule has 0 aromatic carbocycles. The Morgan fingerprint density at radius 3 is 2.67 bits per heavy atom. The van der Waals surface area contributed by atoms with Gasteiger partial charge in [0.1, 0.15) is 5.56 Å². The zero-order valence-corrected chi connectivity index (χ0v) is 14.9. The van der Waals surface area contributed by atoms with E-state index in [4.69, 9.17) is 0 Å². The van der Waals surface area contributed by atoms with Crippen LogP contribution in [0.3, 0.4) is 0 Å². The lowest BCUT2D eigenvalue weighted by molar-refractivity contribution is 0.0625. The van der Waals surface area contributed by atoms with Crippen LogP contribution >= 0.6 is 11.3 Å². The van der Waals surface area contributed by atoms with Crippen LogP contribution in [-0.4, -0.2) is 51.9 Å². The third kappa shape index (κ3) is 3.73. The number of rotatable bonds is 4. The minimum Gasteiger partial charge on any atom is -0.336 e. The van der Waals surface area contributed by atoms with Gasteiger partial charge in [0.05, 0.1) is 10.7 Å². The van der Waals surface area contributed by atoms with Crippen LogP contribution in [0.2, 0.25) is 0 Å². The fourth-order valence-electron chi connectivity index (χ4n) is 2.83. The standard InChI is InChI=1S/C17H22N4O2S/c1-3-15-19-13(11-24-15)10-20-6-8-21(9-7-20)17(23)14-5-4-12(2)18-16(14)22/h4-5,11H,3,6-10H2,1-2H3,(H,18,22). The molecule has 1 saturated heterocycles. The molecule has 0 unspecified atom stereocenters. The van der Waals surface area contributed by atoms with Gasteiger partial charge in [-0.15, -0.1) is 11.3 Å². The Labute approximate surface area is 145 Å². The second-order valence-electron chi connectivity index (χ2n) is 6.04. The van der Waals surface area contributed by atoms with Crippen molar-refractivity contribution in [2.24, 2.45) is 0 Å². The monoisotopic (exact) mass is 346 g/mol. The Bertz CT molecular complexity index is 775. The summed E-state index contributed by atoms with van der Waals surface area (Å²) < 4.78 is 0. The Hall–Kier alpha value is -1.99. The number of aromatic amines is 1. The second kappa shape index (κ2) is 7.27. The predicted molar refractivity (Wildman–Crippen MR) is 94.5 cm³/mol. The molecule has 0 bridgehead atoms. The highest BCUT2D eigenvalue weighted by Crippen LogP contribution is 2.14. The van der Waals surface area contributed by atoms with Crippen molar-refractivity contribution < 1.29 is 4.79 Å². The van der Waals surface area contributed by atoms with Gasteiger partial charge < -0.3 is 9.88 Å². The average molecular weight is 346 g/mol. The molecular weight excluding hydrogens is 324 g/mol. The van der Waals surface area contributed by atoms with Crippen LogP contribution in [0.15, 0.2) is 22.3 Å². The van der Waals surface area contributed by atoms with Crippen molar-refractivity contribution in [3.8, 4) is 0 Å². The Kier molecular flexibility index (Phi) is 5.11. The van der Waals surface area contributed by atoms with Gasteiger partial charge in [-0.25, -0.2) is 4.98 Å². The van der Waals surface area contributed by atoms with E-state index in [2.05, 4.69) is 27.2 Å². The molecule has 1 fully saturated rings. The SMILES string of the molecule is CCc1nc(CN2CCN(C(=O)c3ccc(C)[nH]c3=O)CC2)cs1. The van der Waals surface area contributed by atoms with E-state index in [1.165, 1.54) is 0 Å². The quantitative estimate of drug-likeness (QED) is 0.914. The fourth-order valence-corrected chi connectivity index (χ4v) is 3.57. The van der Waals surface area contributed by atoms with Crippen LogP contribution in [0, 0.1) is 6.92 Å². The van der Waals surface area contributed by atoms with Crippen LogP contribution < -0.4 is 5.56 Å². The highest BCUT2D eigenvalue weighted by Gasteiger charge is 2.24. The largest absolute Gasteiger partial charge is 0.336 e. The van der Waals surface area contributed by atoms with Crippen molar-refractivity contribution in [3.63, 3.8) is 0 Å². The molecule has 3 heterocycles. The van der Waals surface area contributed by atoms with Crippen LogP contribution in [0.1, 0.15) is 33.7 Å². The number of thiazole rings is 1. The minimum atomic E-state index is -0.308. The summed E-state index contributed by atoms with van der Waals surface area (Å²) in [4.78, 5) is 35.8. The number of hydrogen-bond acceptors (Lipinski definition) is 5. The van der Waals surface area contributed by atoms with Crippen LogP contribution in [0.25, 0.3) is 0 Å². The van der Waals surface area contributed by atoms with Crippen molar-refractivity contribution >= 4 is 17.2 Å². The molecule has 0 spiro atoms. The summed E-state index contributed by atoms with van der Waals surface area (Å²) in [5, 5.41) is 3.28. The molecule has 1 N–H and O–H groups in total. The summed E-state index contributed by atoms with van der Waals surface area (Å²) in [5.74, 6) is -0.183. The number of H-pyrrole nitrogens is 1. The molecular formula is C17H22N4O2S. The molecule has 1 aliphatic rings. The summed E-state index contributed by atoms with van der Waals surface area (Å²) in [7, 11) is 0. The maximum atomic E-state index is 12.5. The molecule has 6 nitrogen and oxygen atoms in total. The van der Waals surface area contributed by atoms with Gasteiger partial charge in [-0.05, 0) is 25.5 Å². The molecule has 0 radical (unpaired) electrons. The first-order valence-corrected chi connectivity index (χ1v) is 9.09. The van der Waals surface area contributed by atoms with Crippen molar-refractivity contribution in [1.29, 1.82) is 0 Å². The molecule has 3 rings (SSSR count). The maximum Gasteiger partial charge on any atom is 0.260 e. The normalized spacial score (nSPS) is 15.7. The number of amides is 1. The van der Waals surface area contributed by atoms with Gasteiger partial charge in [-0.2, -0.15) is 0 Å². The molecule has 1 amide bonds. The molecule has 0 saturated carbocycles. The zero-order chi connectivity index (χ0) is 17.1. The van der Waals surface area contributed by atoms with Gasteiger partial charge in [0.15, 0.2) is 0 Å². The lowest BCUT2D eigenvalue weighted by Crippen LogP contribution is -2.49. The highest BCUT2D eigenvalue weighted by molar-refractivity contribution is 7.09. The number of aromatic nitrogens is 2. The minimum absolute atomic E-state index is 0.183. The Morgan fingerprint density at radius 2 is 2.04 bits per heavy atom. The van der Waals surface area contributed by atoms with E-state index in [1.807, 2.05) is 0 Å². The van der Waals surface area contributed by atoms with Crippen molar-refractivity contribution in [2.45, 2.75) is 26.8 Å². The molecule has 0 atom stereocenters. The van der Waals surface area contributed by atoms with Crippen LogP contribution in [0.4, 0.5) is 0 Å². The molecule has 128 valence electrons. The van der Waals surface area contributed by atoms with Crippen LogP contribution in [0.5, 0.6) is 0 Å². The summed E-state index contributed by atoms with van der Waals surface area (Å²) in [6.45, 7) is 7.61. The third-order valence-corrected chi connectivity index (χ3v) is 5.27. The maximum absolute atomic E-state index is 12.5. The highest BCUT2D eigenvalue weighted by atomic mass is 32.1. The van der Waals surface area contributed by atoms with Gasteiger partial charge in [-0.1, -0.05) is 6.92 Å². The summed E-state index contributed by atoms with van der Waals surface area (Å²) in [5.41, 5.74) is 1.78. The first kappa shape index (κ1) is 16.9. The molecule has 2 aromatic heterocycles. The first-order chi connectivity index (χ1) is 11.6. The molecule has 0 aliphatic carbocycles. The lowest BCUT2D eigenvalue weighted by atomic mass is 10.2. The fraction of sp³-hybridized carbons (Fsp3) is 0.471. The number of aryl methyl sites for hydroxylation is 2. The molecule has 7 heteroatoms. The van der Waals surface area contributed by atoms with E-state index in [0.29, 0.717) is 13.1 Å².